The van der Waals surface area contributed by atoms with Gasteiger partial charge in [-0.3, -0.25) is 4.79 Å². The van der Waals surface area contributed by atoms with Gasteiger partial charge in [0.2, 0.25) is 0 Å². The van der Waals surface area contributed by atoms with Gasteiger partial charge in [0.15, 0.2) is 0 Å². The van der Waals surface area contributed by atoms with E-state index in [9.17, 15) is 4.79 Å². The van der Waals surface area contributed by atoms with Crippen molar-refractivity contribution in [2.45, 2.75) is 57.6 Å². The molecule has 1 aromatic rings. The summed E-state index contributed by atoms with van der Waals surface area (Å²) >= 11 is 1.15. The lowest BCUT2D eigenvalue weighted by Gasteiger charge is -2.26. The zero-order chi connectivity index (χ0) is 15.1. The van der Waals surface area contributed by atoms with E-state index >= 15 is 0 Å². The minimum absolute atomic E-state index is 0.0783. The third kappa shape index (κ3) is 5.01. The van der Waals surface area contributed by atoms with Gasteiger partial charge in [0.05, 0.1) is 11.8 Å². The first-order valence-corrected chi connectivity index (χ1v) is 8.44. The maximum atomic E-state index is 12.0. The van der Waals surface area contributed by atoms with Gasteiger partial charge in [-0.2, -0.15) is 0 Å². The van der Waals surface area contributed by atoms with Crippen LogP contribution in [0.25, 0.3) is 0 Å². The molecule has 1 aromatic heterocycles. The molecule has 0 saturated heterocycles. The average molecular weight is 312 g/mol. The van der Waals surface area contributed by atoms with Crippen LogP contribution in [0, 0.1) is 0 Å². The first kappa shape index (κ1) is 16.3. The molecule has 1 fully saturated rings. The van der Waals surface area contributed by atoms with Crippen LogP contribution in [0.15, 0.2) is 0 Å². The smallest absolute Gasteiger partial charge is 0.264 e. The van der Waals surface area contributed by atoms with Gasteiger partial charge in [-0.05, 0) is 50.1 Å². The highest BCUT2D eigenvalue weighted by Crippen LogP contribution is 2.19. The number of rotatable bonds is 7. The third-order valence-corrected chi connectivity index (χ3v) is 4.54. The molecule has 1 aliphatic carbocycles. The fourth-order valence-electron chi connectivity index (χ4n) is 2.47. The Morgan fingerprint density at radius 1 is 1.43 bits per heavy atom. The number of nitrogens with two attached hydrogens (primary N) is 1. The standard InChI is InChI=1S/C14H24N4O2S/c1-2-12-13(21-18-17-12)14(19)16-8-3-9-20-11-6-4-10(15)5-7-11/h10-11H,2-9,15H2,1H3,(H,16,19). The van der Waals surface area contributed by atoms with Gasteiger partial charge in [0.1, 0.15) is 4.88 Å². The Morgan fingerprint density at radius 3 is 2.90 bits per heavy atom. The number of carbonyl (C=O) groups excluding carboxylic acids is 1. The van der Waals surface area contributed by atoms with E-state index in [0.717, 1.165) is 55.8 Å². The second kappa shape index (κ2) is 8.41. The molecule has 0 spiro atoms. The molecule has 2 rings (SSSR count). The van der Waals surface area contributed by atoms with Gasteiger partial charge >= 0.3 is 0 Å². The highest BCUT2D eigenvalue weighted by Gasteiger charge is 2.18. The Labute approximate surface area is 129 Å². The van der Waals surface area contributed by atoms with E-state index in [1.54, 1.807) is 0 Å². The van der Waals surface area contributed by atoms with E-state index in [4.69, 9.17) is 10.5 Å². The summed E-state index contributed by atoms with van der Waals surface area (Å²) in [6.07, 6.45) is 6.12. The van der Waals surface area contributed by atoms with Crippen LogP contribution >= 0.6 is 11.5 Å². The normalized spacial score (nSPS) is 22.2. The van der Waals surface area contributed by atoms with E-state index in [-0.39, 0.29) is 5.91 Å². The number of amides is 1. The van der Waals surface area contributed by atoms with E-state index in [1.165, 1.54) is 0 Å². The largest absolute Gasteiger partial charge is 0.378 e. The summed E-state index contributed by atoms with van der Waals surface area (Å²) in [5.74, 6) is -0.0783. The molecule has 6 nitrogen and oxygen atoms in total. The third-order valence-electron chi connectivity index (χ3n) is 3.78. The number of carbonyl (C=O) groups is 1. The van der Waals surface area contributed by atoms with Crippen molar-refractivity contribution >= 4 is 17.4 Å². The van der Waals surface area contributed by atoms with E-state index in [0.29, 0.717) is 30.2 Å². The van der Waals surface area contributed by atoms with E-state index in [1.807, 2.05) is 6.92 Å². The van der Waals surface area contributed by atoms with E-state index < -0.39 is 0 Å². The highest BCUT2D eigenvalue weighted by atomic mass is 32.1. The lowest BCUT2D eigenvalue weighted by atomic mass is 9.94. The number of aromatic nitrogens is 2. The van der Waals surface area contributed by atoms with Crippen LogP contribution in [-0.2, 0) is 11.2 Å². The highest BCUT2D eigenvalue weighted by molar-refractivity contribution is 7.08. The molecular formula is C14H24N4O2S. The Balaban J connectivity index is 1.58. The van der Waals surface area contributed by atoms with Crippen LogP contribution in [-0.4, -0.2) is 40.8 Å². The van der Waals surface area contributed by atoms with Gasteiger partial charge in [0.25, 0.3) is 5.91 Å². The maximum Gasteiger partial charge on any atom is 0.264 e. The van der Waals surface area contributed by atoms with Crippen LogP contribution in [0.5, 0.6) is 0 Å². The predicted molar refractivity (Wildman–Crippen MR) is 82.4 cm³/mol. The van der Waals surface area contributed by atoms with Crippen molar-refractivity contribution < 1.29 is 9.53 Å². The zero-order valence-electron chi connectivity index (χ0n) is 12.5. The maximum absolute atomic E-state index is 12.0. The summed E-state index contributed by atoms with van der Waals surface area (Å²) in [5.41, 5.74) is 6.63. The molecule has 21 heavy (non-hydrogen) atoms. The molecule has 7 heteroatoms. The zero-order valence-corrected chi connectivity index (χ0v) is 13.3. The van der Waals surface area contributed by atoms with Crippen molar-refractivity contribution in [3.05, 3.63) is 10.6 Å². The van der Waals surface area contributed by atoms with Crippen LogP contribution < -0.4 is 11.1 Å². The first-order chi connectivity index (χ1) is 10.2. The fraction of sp³-hybridized carbons (Fsp3) is 0.786. The SMILES string of the molecule is CCc1nnsc1C(=O)NCCCOC1CCC(N)CC1. The molecule has 1 aliphatic rings. The monoisotopic (exact) mass is 312 g/mol. The van der Waals surface area contributed by atoms with Crippen LogP contribution in [0.4, 0.5) is 0 Å². The van der Waals surface area contributed by atoms with Gasteiger partial charge < -0.3 is 15.8 Å². The van der Waals surface area contributed by atoms with Crippen LogP contribution in [0.3, 0.4) is 0 Å². The molecule has 0 bridgehead atoms. The summed E-state index contributed by atoms with van der Waals surface area (Å²) in [4.78, 5) is 12.6. The van der Waals surface area contributed by atoms with Gasteiger partial charge in [-0.15, -0.1) is 5.10 Å². The number of nitrogens with zero attached hydrogens (tertiary/aromatic N) is 2. The van der Waals surface area contributed by atoms with Crippen molar-refractivity contribution in [2.24, 2.45) is 5.73 Å². The summed E-state index contributed by atoms with van der Waals surface area (Å²) < 4.78 is 9.64. The molecule has 118 valence electrons. The molecule has 0 radical (unpaired) electrons. The topological polar surface area (TPSA) is 90.1 Å². The molecule has 0 aromatic carbocycles. The molecule has 0 aliphatic heterocycles. The molecule has 3 N–H and O–H groups in total. The summed E-state index contributed by atoms with van der Waals surface area (Å²) in [5, 5.41) is 6.84. The quantitative estimate of drug-likeness (QED) is 0.745. The van der Waals surface area contributed by atoms with E-state index in [2.05, 4.69) is 14.9 Å². The fourth-order valence-corrected chi connectivity index (χ4v) is 3.14. The minimum Gasteiger partial charge on any atom is -0.378 e. The van der Waals surface area contributed by atoms with Crippen molar-refractivity contribution in [2.75, 3.05) is 13.2 Å². The van der Waals surface area contributed by atoms with Crippen LogP contribution in [0.2, 0.25) is 0 Å². The number of hydrogen-bond acceptors (Lipinski definition) is 6. The van der Waals surface area contributed by atoms with Crippen molar-refractivity contribution in [1.82, 2.24) is 14.9 Å². The Bertz CT molecular complexity index is 444. The Hall–Kier alpha value is -1.05. The summed E-state index contributed by atoms with van der Waals surface area (Å²) in [6.45, 7) is 3.27. The lowest BCUT2D eigenvalue weighted by molar-refractivity contribution is 0.0241. The van der Waals surface area contributed by atoms with Crippen molar-refractivity contribution in [3.8, 4) is 0 Å². The van der Waals surface area contributed by atoms with Crippen molar-refractivity contribution in [3.63, 3.8) is 0 Å². The summed E-state index contributed by atoms with van der Waals surface area (Å²) in [6, 6.07) is 0.352. The number of nitrogens with one attached hydrogen (secondary N) is 1. The number of ether oxygens (including phenoxy) is 1. The second-order valence-corrected chi connectivity index (χ2v) is 6.17. The van der Waals surface area contributed by atoms with Crippen molar-refractivity contribution in [1.29, 1.82) is 0 Å². The first-order valence-electron chi connectivity index (χ1n) is 7.67. The van der Waals surface area contributed by atoms with Gasteiger partial charge in [-0.1, -0.05) is 11.4 Å². The second-order valence-electron chi connectivity index (χ2n) is 5.42. The van der Waals surface area contributed by atoms with Gasteiger partial charge in [-0.25, -0.2) is 0 Å². The minimum atomic E-state index is -0.0783. The van der Waals surface area contributed by atoms with Gasteiger partial charge in [0, 0.05) is 19.2 Å². The molecule has 1 heterocycles. The van der Waals surface area contributed by atoms with Crippen LogP contribution in [0.1, 0.15) is 54.4 Å². The predicted octanol–water partition coefficient (Wildman–Crippen LogP) is 1.51. The summed E-state index contributed by atoms with van der Waals surface area (Å²) in [7, 11) is 0. The molecule has 0 unspecified atom stereocenters. The average Bonchev–Trinajstić information content (AvgIpc) is 2.97. The molecular weight excluding hydrogens is 288 g/mol. The number of aryl methyl sites for hydroxylation is 1. The number of hydrogen-bond donors (Lipinski definition) is 2. The Kier molecular flexibility index (Phi) is 6.53. The Morgan fingerprint density at radius 2 is 2.19 bits per heavy atom. The molecule has 1 amide bonds. The molecule has 1 saturated carbocycles. The lowest BCUT2D eigenvalue weighted by Crippen LogP contribution is -2.31. The molecule has 0 atom stereocenters.